The molecule has 1 N–H and O–H groups in total. The molecule has 0 spiro atoms. The van der Waals surface area contributed by atoms with E-state index in [1.165, 1.54) is 4.90 Å². The van der Waals surface area contributed by atoms with E-state index in [0.717, 1.165) is 3.57 Å². The molecule has 114 valence electrons. The van der Waals surface area contributed by atoms with Crippen LogP contribution in [0.15, 0.2) is 42.5 Å². The number of rotatable bonds is 3. The van der Waals surface area contributed by atoms with Gasteiger partial charge in [-0.25, -0.2) is 0 Å². The summed E-state index contributed by atoms with van der Waals surface area (Å²) in [5.74, 6) is -0.414. The van der Waals surface area contributed by atoms with E-state index in [1.54, 1.807) is 44.4 Å². The van der Waals surface area contributed by atoms with Gasteiger partial charge in [0.05, 0.1) is 16.3 Å². The Morgan fingerprint density at radius 1 is 1.14 bits per heavy atom. The van der Waals surface area contributed by atoms with Gasteiger partial charge in [0.2, 0.25) is 0 Å². The van der Waals surface area contributed by atoms with Crippen LogP contribution in [0.2, 0.25) is 5.02 Å². The van der Waals surface area contributed by atoms with Crippen molar-refractivity contribution in [2.24, 2.45) is 0 Å². The van der Waals surface area contributed by atoms with Crippen LogP contribution in [0.25, 0.3) is 0 Å². The van der Waals surface area contributed by atoms with Crippen molar-refractivity contribution in [3.8, 4) is 0 Å². The quantitative estimate of drug-likeness (QED) is 0.754. The third-order valence-electron chi connectivity index (χ3n) is 2.99. The minimum Gasteiger partial charge on any atom is -0.345 e. The summed E-state index contributed by atoms with van der Waals surface area (Å²) in [5.41, 5.74) is 1.44. The van der Waals surface area contributed by atoms with Gasteiger partial charge in [-0.05, 0) is 52.9 Å². The van der Waals surface area contributed by atoms with E-state index < -0.39 is 0 Å². The lowest BCUT2D eigenvalue weighted by Gasteiger charge is -2.13. The number of carbonyl (C=O) groups excluding carboxylic acids is 2. The van der Waals surface area contributed by atoms with Gasteiger partial charge in [-0.1, -0.05) is 23.7 Å². The van der Waals surface area contributed by atoms with E-state index in [9.17, 15) is 9.59 Å². The number of benzene rings is 2. The van der Waals surface area contributed by atoms with Gasteiger partial charge in [0.15, 0.2) is 0 Å². The third-order valence-corrected chi connectivity index (χ3v) is 4.26. The number of hydrogen-bond acceptors (Lipinski definition) is 2. The summed E-state index contributed by atoms with van der Waals surface area (Å²) in [7, 11) is 3.34. The first-order valence-corrected chi connectivity index (χ1v) is 7.93. The first kappa shape index (κ1) is 16.8. The van der Waals surface area contributed by atoms with E-state index in [1.807, 2.05) is 12.1 Å². The summed E-state index contributed by atoms with van der Waals surface area (Å²) < 4.78 is 0.842. The van der Waals surface area contributed by atoms with Crippen molar-refractivity contribution in [2.45, 2.75) is 0 Å². The van der Waals surface area contributed by atoms with E-state index in [0.29, 0.717) is 21.8 Å². The molecule has 0 radical (unpaired) electrons. The van der Waals surface area contributed by atoms with Gasteiger partial charge in [0, 0.05) is 23.2 Å². The molecule has 6 heteroatoms. The van der Waals surface area contributed by atoms with Crippen molar-refractivity contribution in [1.29, 1.82) is 0 Å². The summed E-state index contributed by atoms with van der Waals surface area (Å²) in [6.07, 6.45) is 0. The van der Waals surface area contributed by atoms with Crippen LogP contribution < -0.4 is 5.32 Å². The van der Waals surface area contributed by atoms with Crippen LogP contribution in [0, 0.1) is 3.57 Å². The number of halogens is 2. The summed E-state index contributed by atoms with van der Waals surface area (Å²) in [6.45, 7) is 0. The molecule has 0 unspecified atom stereocenters. The number of hydrogen-bond donors (Lipinski definition) is 1. The zero-order valence-electron chi connectivity index (χ0n) is 12.1. The van der Waals surface area contributed by atoms with Gasteiger partial charge in [-0.15, -0.1) is 0 Å². The number of anilines is 1. The van der Waals surface area contributed by atoms with Crippen LogP contribution in [0.5, 0.6) is 0 Å². The Kier molecular flexibility index (Phi) is 5.42. The van der Waals surface area contributed by atoms with E-state index in [4.69, 9.17) is 11.6 Å². The molecular weight excluding hydrogens is 415 g/mol. The van der Waals surface area contributed by atoms with Gasteiger partial charge in [0.1, 0.15) is 0 Å². The van der Waals surface area contributed by atoms with E-state index in [-0.39, 0.29) is 11.8 Å². The number of nitrogens with zero attached hydrogens (tertiary/aromatic N) is 1. The molecule has 2 aromatic rings. The Morgan fingerprint density at radius 3 is 2.45 bits per heavy atom. The minimum absolute atomic E-state index is 0.151. The second kappa shape index (κ2) is 7.11. The molecule has 0 saturated heterocycles. The Hall–Kier alpha value is -1.60. The topological polar surface area (TPSA) is 49.4 Å². The van der Waals surface area contributed by atoms with Crippen molar-refractivity contribution in [3.05, 3.63) is 62.2 Å². The molecule has 0 saturated carbocycles. The fourth-order valence-corrected chi connectivity index (χ4v) is 2.64. The number of nitrogens with one attached hydrogen (secondary N) is 1. The lowest BCUT2D eigenvalue weighted by molar-refractivity contribution is 0.0827. The molecule has 0 aliphatic carbocycles. The maximum atomic E-state index is 12.3. The Balaban J connectivity index is 2.30. The molecule has 0 heterocycles. The molecule has 0 aliphatic rings. The predicted molar refractivity (Wildman–Crippen MR) is 96.6 cm³/mol. The smallest absolute Gasteiger partial charge is 0.256 e. The molecule has 2 amide bonds. The average Bonchev–Trinajstić information content (AvgIpc) is 2.49. The highest BCUT2D eigenvalue weighted by Gasteiger charge is 2.14. The molecule has 2 rings (SSSR count). The highest BCUT2D eigenvalue weighted by molar-refractivity contribution is 14.1. The normalized spacial score (nSPS) is 10.2. The number of carbonyl (C=O) groups is 2. The largest absolute Gasteiger partial charge is 0.345 e. The Morgan fingerprint density at radius 2 is 1.82 bits per heavy atom. The summed E-state index contributed by atoms with van der Waals surface area (Å²) in [4.78, 5) is 25.8. The third kappa shape index (κ3) is 3.78. The molecular formula is C16H14ClIN2O2. The van der Waals surface area contributed by atoms with Crippen LogP contribution in [-0.2, 0) is 0 Å². The number of amides is 2. The van der Waals surface area contributed by atoms with Gasteiger partial charge in [-0.3, -0.25) is 9.59 Å². The first-order chi connectivity index (χ1) is 10.4. The van der Waals surface area contributed by atoms with E-state index in [2.05, 4.69) is 27.9 Å². The zero-order chi connectivity index (χ0) is 16.3. The second-order valence-corrected chi connectivity index (χ2v) is 6.40. The molecule has 22 heavy (non-hydrogen) atoms. The van der Waals surface area contributed by atoms with Crippen LogP contribution in [0.1, 0.15) is 20.7 Å². The van der Waals surface area contributed by atoms with Crippen LogP contribution in [0.4, 0.5) is 5.69 Å². The highest BCUT2D eigenvalue weighted by Crippen LogP contribution is 2.25. The fourth-order valence-electron chi connectivity index (χ4n) is 1.85. The van der Waals surface area contributed by atoms with Crippen molar-refractivity contribution < 1.29 is 9.59 Å². The lowest BCUT2D eigenvalue weighted by Crippen LogP contribution is -2.22. The summed E-state index contributed by atoms with van der Waals surface area (Å²) in [5, 5.41) is 3.14. The lowest BCUT2D eigenvalue weighted by atomic mass is 10.1. The van der Waals surface area contributed by atoms with Crippen molar-refractivity contribution in [3.63, 3.8) is 0 Å². The monoisotopic (exact) mass is 428 g/mol. The van der Waals surface area contributed by atoms with Gasteiger partial charge >= 0.3 is 0 Å². The maximum Gasteiger partial charge on any atom is 0.256 e. The van der Waals surface area contributed by atoms with Crippen LogP contribution in [0.3, 0.4) is 0 Å². The molecule has 0 aliphatic heterocycles. The summed E-state index contributed by atoms with van der Waals surface area (Å²) in [6, 6.07) is 12.1. The molecule has 0 atom stereocenters. The zero-order valence-corrected chi connectivity index (χ0v) is 15.0. The fraction of sp³-hybridized carbons (Fsp3) is 0.125. The SMILES string of the molecule is CN(C)C(=O)c1ccc(Cl)c(NC(=O)c2ccccc2I)c1. The van der Waals surface area contributed by atoms with Gasteiger partial charge in [0.25, 0.3) is 11.8 Å². The molecule has 0 fully saturated rings. The highest BCUT2D eigenvalue weighted by atomic mass is 127. The van der Waals surface area contributed by atoms with Crippen LogP contribution in [-0.4, -0.2) is 30.8 Å². The van der Waals surface area contributed by atoms with Gasteiger partial charge in [-0.2, -0.15) is 0 Å². The molecule has 2 aromatic carbocycles. The Labute approximate surface area is 147 Å². The standard InChI is InChI=1S/C16H14ClIN2O2/c1-20(2)16(22)10-7-8-12(17)14(9-10)19-15(21)11-5-3-4-6-13(11)18/h3-9H,1-2H3,(H,19,21). The predicted octanol–water partition coefficient (Wildman–Crippen LogP) is 3.90. The Bertz CT molecular complexity index is 732. The van der Waals surface area contributed by atoms with E-state index >= 15 is 0 Å². The second-order valence-electron chi connectivity index (χ2n) is 4.83. The molecule has 0 aromatic heterocycles. The molecule has 0 bridgehead atoms. The summed E-state index contributed by atoms with van der Waals surface area (Å²) >= 11 is 8.21. The van der Waals surface area contributed by atoms with Crippen LogP contribution >= 0.6 is 34.2 Å². The maximum absolute atomic E-state index is 12.3. The van der Waals surface area contributed by atoms with Gasteiger partial charge < -0.3 is 10.2 Å². The van der Waals surface area contributed by atoms with Crippen molar-refractivity contribution >= 4 is 51.7 Å². The van der Waals surface area contributed by atoms with Crippen molar-refractivity contribution in [1.82, 2.24) is 4.90 Å². The molecule has 4 nitrogen and oxygen atoms in total. The van der Waals surface area contributed by atoms with Crippen molar-refractivity contribution in [2.75, 3.05) is 19.4 Å². The average molecular weight is 429 g/mol. The first-order valence-electron chi connectivity index (χ1n) is 6.47. The minimum atomic E-state index is -0.263.